The van der Waals surface area contributed by atoms with Gasteiger partial charge in [0, 0.05) is 11.1 Å². The van der Waals surface area contributed by atoms with Crippen LogP contribution in [0.15, 0.2) is 72.8 Å². The first-order valence-electron chi connectivity index (χ1n) is 23.1. The minimum atomic E-state index is 0. The van der Waals surface area contributed by atoms with Gasteiger partial charge in [-0.05, 0) is 143 Å². The van der Waals surface area contributed by atoms with Gasteiger partial charge in [0.15, 0.2) is 0 Å². The molecule has 8 bridgehead atoms. The van der Waals surface area contributed by atoms with E-state index in [0.717, 1.165) is 111 Å². The second kappa shape index (κ2) is 18.0. The molecule has 9 heteroatoms. The van der Waals surface area contributed by atoms with Gasteiger partial charge in [-0.1, -0.05) is 114 Å². The average Bonchev–Trinajstić information content (AvgIpc) is 4.04. The van der Waals surface area contributed by atoms with E-state index in [2.05, 4.69) is 67.5 Å². The number of hydrogen-bond donors (Lipinski definition) is 4. The van der Waals surface area contributed by atoms with E-state index in [1.807, 2.05) is 24.3 Å². The molecule has 2 aliphatic rings. The minimum absolute atomic E-state index is 0. The van der Waals surface area contributed by atoms with E-state index >= 15 is 0 Å². The quantitative estimate of drug-likeness (QED) is 0.0997. The smallest absolute Gasteiger partial charge is 0.657 e. The van der Waals surface area contributed by atoms with Crippen molar-refractivity contribution in [3.05, 3.63) is 118 Å². The molecule has 0 saturated carbocycles. The van der Waals surface area contributed by atoms with E-state index in [1.165, 1.54) is 0 Å². The third-order valence-corrected chi connectivity index (χ3v) is 13.6. The first kappa shape index (κ1) is 45.4. The SMILES string of the molecule is CCC1=C(CC)c2nc1cc1[n-]c(c(CC)c1CC)c(-c1c(O)ccc3ccc(O)cc13)c1nc(cc3[n-]c(c(CC)c3CC)c2-c2c(O)ccc3ccc(O)cc23)C(CC)=C1CC.[Zn+2]. The summed E-state index contributed by atoms with van der Waals surface area (Å²) in [5.41, 5.74) is 17.7. The zero-order chi connectivity index (χ0) is 45.1. The van der Waals surface area contributed by atoms with E-state index < -0.39 is 0 Å². The van der Waals surface area contributed by atoms with Crippen molar-refractivity contribution in [2.24, 2.45) is 0 Å². The molecule has 0 atom stereocenters. The molecule has 0 radical (unpaired) electrons. The summed E-state index contributed by atoms with van der Waals surface area (Å²) in [5, 5.41) is 49.2. The van der Waals surface area contributed by atoms with Gasteiger partial charge in [-0.3, -0.25) is 0 Å². The maximum atomic E-state index is 12.1. The third kappa shape index (κ3) is 7.23. The van der Waals surface area contributed by atoms with E-state index in [1.54, 1.807) is 36.4 Å². The van der Waals surface area contributed by atoms with E-state index in [-0.39, 0.29) is 42.5 Å². The Hall–Kier alpha value is -6.18. The number of aromatic nitrogens is 4. The zero-order valence-corrected chi connectivity index (χ0v) is 41.8. The number of fused-ring (bicyclic) bond motifs is 10. The Bertz CT molecular complexity index is 3080. The van der Waals surface area contributed by atoms with E-state index in [9.17, 15) is 20.4 Å². The zero-order valence-electron chi connectivity index (χ0n) is 38.9. The standard InChI is InChI=1S/C56H56N4O4.Zn/c1-9-33-37(13-5)53-51(49-41-25-31(61)21-17-29(41)19-23-47(49)63)54-39(15-7)35(11-3)45(59-54)28-46-36(12-4)40(16-8)56(60-46)52(50-42-26-32(62)22-18-30(42)20-24-48(50)64)55-38(14-6)34(10-2)44(58-55)27-43(33)57-53;/h17-28H,9-16H2,1-8H3,(H4-2,57,58,59,60,61,62,63,64);/q-2;+2. The maximum Gasteiger partial charge on any atom is 2.00 e. The van der Waals surface area contributed by atoms with Crippen LogP contribution in [0.2, 0.25) is 0 Å². The largest absolute Gasteiger partial charge is 2.00 e. The van der Waals surface area contributed by atoms with Crippen LogP contribution in [0.3, 0.4) is 0 Å². The molecule has 7 aromatic rings. The third-order valence-electron chi connectivity index (χ3n) is 13.6. The van der Waals surface area contributed by atoms with Gasteiger partial charge in [0.25, 0.3) is 0 Å². The average molecular weight is 914 g/mol. The maximum absolute atomic E-state index is 12.1. The summed E-state index contributed by atoms with van der Waals surface area (Å²) in [6.07, 6.45) is 5.61. The van der Waals surface area contributed by atoms with Gasteiger partial charge in [0.2, 0.25) is 0 Å². The van der Waals surface area contributed by atoms with Crippen molar-refractivity contribution in [2.45, 2.75) is 107 Å². The molecule has 0 unspecified atom stereocenters. The Kier molecular flexibility index (Phi) is 12.6. The number of phenolic OH excluding ortho intramolecular Hbond substituents is 4. The van der Waals surface area contributed by atoms with Crippen LogP contribution in [0, 0.1) is 0 Å². The van der Waals surface area contributed by atoms with Crippen molar-refractivity contribution in [1.82, 2.24) is 19.9 Å². The summed E-state index contributed by atoms with van der Waals surface area (Å²) in [6, 6.07) is 22.1. The van der Waals surface area contributed by atoms with Crippen LogP contribution in [0.5, 0.6) is 23.0 Å². The number of aromatic hydroxyl groups is 4. The number of hydrogen-bond acceptors (Lipinski definition) is 6. The number of rotatable bonds is 10. The Morgan fingerprint density at radius 1 is 0.400 bits per heavy atom. The summed E-state index contributed by atoms with van der Waals surface area (Å²) in [6.45, 7) is 17.3. The predicted octanol–water partition coefficient (Wildman–Crippen LogP) is 13.7. The van der Waals surface area contributed by atoms with Crippen LogP contribution in [-0.4, -0.2) is 30.4 Å². The minimum Gasteiger partial charge on any atom is -0.657 e. The van der Waals surface area contributed by atoms with Crippen molar-refractivity contribution in [2.75, 3.05) is 0 Å². The summed E-state index contributed by atoms with van der Waals surface area (Å²) in [5.74, 6) is 0.389. The molecule has 0 saturated heterocycles. The number of allylic oxidation sites excluding steroid dienone is 4. The summed E-state index contributed by atoms with van der Waals surface area (Å²) in [7, 11) is 0. The van der Waals surface area contributed by atoms with Gasteiger partial charge in [0.05, 0.1) is 22.8 Å². The molecule has 2 aliphatic heterocycles. The molecule has 4 N–H and O–H groups in total. The number of benzene rings is 4. The fraction of sp³-hybridized carbons (Fsp3) is 0.286. The van der Waals surface area contributed by atoms with Crippen LogP contribution in [0.4, 0.5) is 0 Å². The summed E-state index contributed by atoms with van der Waals surface area (Å²) < 4.78 is 0. The van der Waals surface area contributed by atoms with Gasteiger partial charge in [-0.15, -0.1) is 22.1 Å². The first-order valence-corrected chi connectivity index (χ1v) is 23.1. The molecule has 0 aliphatic carbocycles. The van der Waals surface area contributed by atoms with Crippen molar-refractivity contribution >= 4 is 65.9 Å². The molecule has 326 valence electrons. The van der Waals surface area contributed by atoms with Gasteiger partial charge in [-0.2, -0.15) is 0 Å². The van der Waals surface area contributed by atoms with Gasteiger partial charge < -0.3 is 30.4 Å². The van der Waals surface area contributed by atoms with Crippen molar-refractivity contribution in [3.8, 4) is 45.3 Å². The fourth-order valence-corrected chi connectivity index (χ4v) is 10.7. The fourth-order valence-electron chi connectivity index (χ4n) is 10.7. The molecule has 65 heavy (non-hydrogen) atoms. The molecule has 3 aromatic heterocycles. The van der Waals surface area contributed by atoms with Crippen LogP contribution in [-0.2, 0) is 45.2 Å². The molecule has 0 spiro atoms. The van der Waals surface area contributed by atoms with Gasteiger partial charge >= 0.3 is 19.5 Å². The molecule has 8 nitrogen and oxygen atoms in total. The normalized spacial score (nSPS) is 12.8. The monoisotopic (exact) mass is 912 g/mol. The first-order chi connectivity index (χ1) is 31.0. The van der Waals surface area contributed by atoms with Crippen molar-refractivity contribution in [1.29, 1.82) is 0 Å². The second-order valence-electron chi connectivity index (χ2n) is 16.8. The molecular formula is C56H56N4O4Zn. The van der Waals surface area contributed by atoms with Gasteiger partial charge in [0.1, 0.15) is 23.0 Å². The van der Waals surface area contributed by atoms with Crippen LogP contribution >= 0.6 is 0 Å². The Balaban J connectivity index is 0.00000576. The molecule has 9 rings (SSSR count). The Labute approximate surface area is 393 Å². The Morgan fingerprint density at radius 2 is 0.754 bits per heavy atom. The predicted molar refractivity (Wildman–Crippen MR) is 264 cm³/mol. The van der Waals surface area contributed by atoms with Crippen LogP contribution in [0.1, 0.15) is 126 Å². The second-order valence-corrected chi connectivity index (χ2v) is 16.8. The summed E-state index contributed by atoms with van der Waals surface area (Å²) >= 11 is 0. The number of aryl methyl sites for hydroxylation is 4. The van der Waals surface area contributed by atoms with E-state index in [4.69, 9.17) is 19.9 Å². The van der Waals surface area contributed by atoms with Crippen molar-refractivity contribution < 1.29 is 39.9 Å². The molecular weight excluding hydrogens is 858 g/mol. The number of nitrogens with zero attached hydrogens (tertiary/aromatic N) is 4. The molecule has 5 heterocycles. The molecule has 4 aromatic carbocycles. The van der Waals surface area contributed by atoms with Crippen molar-refractivity contribution in [3.63, 3.8) is 0 Å². The van der Waals surface area contributed by atoms with E-state index in [0.29, 0.717) is 73.3 Å². The van der Waals surface area contributed by atoms with Crippen LogP contribution in [0.25, 0.3) is 88.2 Å². The Morgan fingerprint density at radius 3 is 1.09 bits per heavy atom. The molecule has 0 amide bonds. The topological polar surface area (TPSA) is 135 Å². The molecule has 0 fully saturated rings. The number of phenols is 4. The van der Waals surface area contributed by atoms with Crippen LogP contribution < -0.4 is 9.97 Å². The summed E-state index contributed by atoms with van der Waals surface area (Å²) in [4.78, 5) is 22.4. The van der Waals surface area contributed by atoms with Gasteiger partial charge in [-0.25, -0.2) is 9.97 Å².